The summed E-state index contributed by atoms with van der Waals surface area (Å²) in [7, 11) is 0. The maximum absolute atomic E-state index is 13.9. The van der Waals surface area contributed by atoms with Gasteiger partial charge in [-0.2, -0.15) is 0 Å². The number of rotatable bonds is 6. The van der Waals surface area contributed by atoms with E-state index in [2.05, 4.69) is 0 Å². The highest BCUT2D eigenvalue weighted by Crippen LogP contribution is 2.18. The zero-order chi connectivity index (χ0) is 21.5. The third kappa shape index (κ3) is 5.31. The Labute approximate surface area is 173 Å². The normalized spacial score (nSPS) is 14.4. The predicted octanol–water partition coefficient (Wildman–Crippen LogP) is 3.64. The molecule has 2 amide bonds. The minimum atomic E-state index is -1.66. The first-order chi connectivity index (χ1) is 14.5. The van der Waals surface area contributed by atoms with Gasteiger partial charge in [-0.05, 0) is 37.1 Å². The van der Waals surface area contributed by atoms with Gasteiger partial charge >= 0.3 is 0 Å². The number of para-hydroxylation sites is 1. The van der Waals surface area contributed by atoms with E-state index in [0.717, 1.165) is 17.9 Å². The first kappa shape index (κ1) is 21.7. The molecular formula is C22H23F3N2O3. The largest absolute Gasteiger partial charge is 0.494 e. The molecule has 8 heteroatoms. The minimum Gasteiger partial charge on any atom is -0.494 e. The molecule has 0 radical (unpaired) electrons. The Morgan fingerprint density at radius 1 is 0.867 bits per heavy atom. The second-order valence-electron chi connectivity index (χ2n) is 7.01. The maximum Gasteiger partial charge on any atom is 0.257 e. The summed E-state index contributed by atoms with van der Waals surface area (Å²) in [6, 6.07) is 11.0. The molecule has 1 aliphatic rings. The molecule has 0 unspecified atom stereocenters. The smallest absolute Gasteiger partial charge is 0.257 e. The van der Waals surface area contributed by atoms with Gasteiger partial charge < -0.3 is 14.5 Å². The summed E-state index contributed by atoms with van der Waals surface area (Å²) < 4.78 is 46.1. The molecule has 30 heavy (non-hydrogen) atoms. The Bertz CT molecular complexity index is 893. The van der Waals surface area contributed by atoms with Gasteiger partial charge in [-0.1, -0.05) is 18.2 Å². The van der Waals surface area contributed by atoms with Crippen molar-refractivity contribution in [1.82, 2.24) is 9.80 Å². The number of carbonyl (C=O) groups is 2. The van der Waals surface area contributed by atoms with Crippen LogP contribution >= 0.6 is 0 Å². The third-order valence-electron chi connectivity index (χ3n) is 4.95. The van der Waals surface area contributed by atoms with Gasteiger partial charge in [-0.3, -0.25) is 9.59 Å². The standard InChI is InChI=1S/C22H23F3N2O3/c23-18-10-9-17(20(24)21(18)25)22(29)27-12-5-11-26(13-14-27)19(28)8-4-15-30-16-6-2-1-3-7-16/h1-3,6-7,9-10H,4-5,8,11-15H2. The number of hydrogen-bond donors (Lipinski definition) is 0. The lowest BCUT2D eigenvalue weighted by Gasteiger charge is -2.22. The molecule has 160 valence electrons. The van der Waals surface area contributed by atoms with Gasteiger partial charge in [0.15, 0.2) is 17.5 Å². The number of hydrogen-bond acceptors (Lipinski definition) is 3. The molecule has 2 aromatic rings. The molecule has 3 rings (SSSR count). The molecule has 5 nitrogen and oxygen atoms in total. The van der Waals surface area contributed by atoms with E-state index in [0.29, 0.717) is 45.5 Å². The number of halogens is 3. The van der Waals surface area contributed by atoms with E-state index in [-0.39, 0.29) is 12.5 Å². The van der Waals surface area contributed by atoms with Gasteiger partial charge in [0, 0.05) is 32.6 Å². The van der Waals surface area contributed by atoms with Crippen LogP contribution < -0.4 is 4.74 Å². The second-order valence-corrected chi connectivity index (χ2v) is 7.01. The molecule has 0 atom stereocenters. The van der Waals surface area contributed by atoms with E-state index < -0.39 is 28.9 Å². The Hall–Kier alpha value is -3.03. The van der Waals surface area contributed by atoms with Crippen molar-refractivity contribution in [2.24, 2.45) is 0 Å². The molecule has 0 aromatic heterocycles. The van der Waals surface area contributed by atoms with Crippen molar-refractivity contribution in [2.75, 3.05) is 32.8 Å². The molecule has 0 saturated carbocycles. The van der Waals surface area contributed by atoms with Crippen molar-refractivity contribution >= 4 is 11.8 Å². The fourth-order valence-corrected chi connectivity index (χ4v) is 3.32. The van der Waals surface area contributed by atoms with Crippen molar-refractivity contribution < 1.29 is 27.5 Å². The second kappa shape index (κ2) is 10.1. The van der Waals surface area contributed by atoms with Gasteiger partial charge in [0.05, 0.1) is 12.2 Å². The van der Waals surface area contributed by atoms with E-state index in [1.807, 2.05) is 30.3 Å². The molecule has 1 fully saturated rings. The third-order valence-corrected chi connectivity index (χ3v) is 4.95. The average molecular weight is 420 g/mol. The quantitative estimate of drug-likeness (QED) is 0.530. The van der Waals surface area contributed by atoms with E-state index in [1.54, 1.807) is 4.90 Å². The SMILES string of the molecule is O=C(CCCOc1ccccc1)N1CCCN(C(=O)c2ccc(F)c(F)c2F)CC1. The summed E-state index contributed by atoms with van der Waals surface area (Å²) >= 11 is 0. The van der Waals surface area contributed by atoms with E-state index in [1.165, 1.54) is 4.90 Å². The monoisotopic (exact) mass is 420 g/mol. The van der Waals surface area contributed by atoms with Gasteiger partial charge in [0.25, 0.3) is 5.91 Å². The summed E-state index contributed by atoms with van der Waals surface area (Å²) in [6.07, 6.45) is 1.40. The first-order valence-electron chi connectivity index (χ1n) is 9.86. The van der Waals surface area contributed by atoms with E-state index in [9.17, 15) is 22.8 Å². The average Bonchev–Trinajstić information content (AvgIpc) is 3.02. The molecule has 0 bridgehead atoms. The highest BCUT2D eigenvalue weighted by atomic mass is 19.2. The summed E-state index contributed by atoms with van der Waals surface area (Å²) in [6.45, 7) is 1.70. The first-order valence-corrected chi connectivity index (χ1v) is 9.86. The number of ether oxygens (including phenoxy) is 1. The summed E-state index contributed by atoms with van der Waals surface area (Å²) in [5.41, 5.74) is -0.508. The fourth-order valence-electron chi connectivity index (χ4n) is 3.32. The highest BCUT2D eigenvalue weighted by molar-refractivity contribution is 5.94. The van der Waals surface area contributed by atoms with Crippen molar-refractivity contribution in [2.45, 2.75) is 19.3 Å². The van der Waals surface area contributed by atoms with Crippen LogP contribution in [0.4, 0.5) is 13.2 Å². The lowest BCUT2D eigenvalue weighted by Crippen LogP contribution is -2.37. The zero-order valence-corrected chi connectivity index (χ0v) is 16.5. The van der Waals surface area contributed by atoms with Crippen molar-refractivity contribution in [3.63, 3.8) is 0 Å². The lowest BCUT2D eigenvalue weighted by molar-refractivity contribution is -0.131. The van der Waals surface area contributed by atoms with E-state index >= 15 is 0 Å². The van der Waals surface area contributed by atoms with Crippen LogP contribution in [0.1, 0.15) is 29.6 Å². The van der Waals surface area contributed by atoms with Gasteiger partial charge in [0.2, 0.25) is 5.91 Å². The van der Waals surface area contributed by atoms with Crippen molar-refractivity contribution in [3.8, 4) is 5.75 Å². The molecular weight excluding hydrogens is 397 g/mol. The van der Waals surface area contributed by atoms with Crippen LogP contribution in [-0.4, -0.2) is 54.4 Å². The predicted molar refractivity (Wildman–Crippen MR) is 105 cm³/mol. The minimum absolute atomic E-state index is 0.0417. The molecule has 0 spiro atoms. The Kier molecular flexibility index (Phi) is 7.32. The summed E-state index contributed by atoms with van der Waals surface area (Å²) in [4.78, 5) is 28.0. The molecule has 1 saturated heterocycles. The summed E-state index contributed by atoms with van der Waals surface area (Å²) in [5.74, 6) is -4.50. The molecule has 0 N–H and O–H groups in total. The Morgan fingerprint density at radius 2 is 1.57 bits per heavy atom. The van der Waals surface area contributed by atoms with Crippen LogP contribution in [0.5, 0.6) is 5.75 Å². The zero-order valence-electron chi connectivity index (χ0n) is 16.5. The number of nitrogens with zero attached hydrogens (tertiary/aromatic N) is 2. The highest BCUT2D eigenvalue weighted by Gasteiger charge is 2.26. The van der Waals surface area contributed by atoms with Gasteiger partial charge in [-0.25, -0.2) is 13.2 Å². The molecule has 1 aliphatic heterocycles. The van der Waals surface area contributed by atoms with Crippen LogP contribution in [0, 0.1) is 17.5 Å². The van der Waals surface area contributed by atoms with Crippen molar-refractivity contribution in [1.29, 1.82) is 0 Å². The van der Waals surface area contributed by atoms with Crippen LogP contribution in [0.2, 0.25) is 0 Å². The van der Waals surface area contributed by atoms with Crippen molar-refractivity contribution in [3.05, 3.63) is 65.5 Å². The van der Waals surface area contributed by atoms with Crippen LogP contribution in [-0.2, 0) is 4.79 Å². The van der Waals surface area contributed by atoms with E-state index in [4.69, 9.17) is 4.74 Å². The number of benzene rings is 2. The Morgan fingerprint density at radius 3 is 2.33 bits per heavy atom. The molecule has 2 aromatic carbocycles. The van der Waals surface area contributed by atoms with Crippen LogP contribution in [0.15, 0.2) is 42.5 Å². The van der Waals surface area contributed by atoms with Gasteiger partial charge in [0.1, 0.15) is 5.75 Å². The van der Waals surface area contributed by atoms with Crippen LogP contribution in [0.25, 0.3) is 0 Å². The topological polar surface area (TPSA) is 49.9 Å². The molecule has 1 heterocycles. The lowest BCUT2D eigenvalue weighted by atomic mass is 10.1. The number of amides is 2. The Balaban J connectivity index is 1.49. The van der Waals surface area contributed by atoms with Gasteiger partial charge in [-0.15, -0.1) is 0 Å². The number of carbonyl (C=O) groups excluding carboxylic acids is 2. The fraction of sp³-hybridized carbons (Fsp3) is 0.364. The van der Waals surface area contributed by atoms with Crippen LogP contribution in [0.3, 0.4) is 0 Å². The molecule has 0 aliphatic carbocycles. The summed E-state index contributed by atoms with van der Waals surface area (Å²) in [5, 5.41) is 0. The maximum atomic E-state index is 13.9.